The molecule has 148 valence electrons. The monoisotopic (exact) mass is 395 g/mol. The number of hydrogen-bond donors (Lipinski definition) is 3. The van der Waals surface area contributed by atoms with Gasteiger partial charge in [-0.1, -0.05) is 19.1 Å². The van der Waals surface area contributed by atoms with E-state index in [1.165, 1.54) is 23.9 Å². The van der Waals surface area contributed by atoms with Crippen LogP contribution < -0.4 is 25.6 Å². The Balaban J connectivity index is 1.60. The fourth-order valence-electron chi connectivity index (χ4n) is 3.26. The van der Waals surface area contributed by atoms with Gasteiger partial charge in [-0.15, -0.1) is 0 Å². The SMILES string of the molecule is CCc1ccc(Oc2ccc(N3C(=O)NCC34C(=O)NC(=O)NC4=O)cn2)cc1. The summed E-state index contributed by atoms with van der Waals surface area (Å²) in [6, 6.07) is 8.98. The van der Waals surface area contributed by atoms with Crippen LogP contribution in [0.3, 0.4) is 0 Å². The minimum absolute atomic E-state index is 0.202. The van der Waals surface area contributed by atoms with E-state index in [9.17, 15) is 19.2 Å². The molecule has 0 atom stereocenters. The van der Waals surface area contributed by atoms with E-state index in [2.05, 4.69) is 17.2 Å². The van der Waals surface area contributed by atoms with Gasteiger partial charge in [0.25, 0.3) is 11.8 Å². The van der Waals surface area contributed by atoms with E-state index in [-0.39, 0.29) is 18.1 Å². The normalized spacial score (nSPS) is 17.8. The van der Waals surface area contributed by atoms with Crippen molar-refractivity contribution in [3.8, 4) is 11.6 Å². The molecule has 2 fully saturated rings. The van der Waals surface area contributed by atoms with Crippen LogP contribution in [0.25, 0.3) is 0 Å². The van der Waals surface area contributed by atoms with Gasteiger partial charge in [0.1, 0.15) is 5.75 Å². The highest BCUT2D eigenvalue weighted by molar-refractivity contribution is 6.28. The van der Waals surface area contributed by atoms with E-state index >= 15 is 0 Å². The molecule has 10 nitrogen and oxygen atoms in total. The van der Waals surface area contributed by atoms with E-state index in [1.807, 2.05) is 34.9 Å². The molecule has 0 aliphatic carbocycles. The molecule has 2 aromatic rings. The third kappa shape index (κ3) is 3.04. The number of rotatable bonds is 4. The van der Waals surface area contributed by atoms with E-state index in [0.29, 0.717) is 5.75 Å². The molecule has 3 heterocycles. The Bertz CT molecular complexity index is 983. The number of carbonyl (C=O) groups is 4. The molecule has 0 bridgehead atoms. The van der Waals surface area contributed by atoms with Gasteiger partial charge in [-0.3, -0.25) is 25.1 Å². The Kier molecular flexibility index (Phi) is 4.38. The van der Waals surface area contributed by atoms with Gasteiger partial charge >= 0.3 is 12.1 Å². The summed E-state index contributed by atoms with van der Waals surface area (Å²) >= 11 is 0. The molecule has 4 rings (SSSR count). The Labute approximate surface area is 165 Å². The molecule has 0 radical (unpaired) electrons. The number of urea groups is 2. The van der Waals surface area contributed by atoms with E-state index in [4.69, 9.17) is 4.74 Å². The first-order valence-corrected chi connectivity index (χ1v) is 8.92. The highest BCUT2D eigenvalue weighted by Gasteiger charge is 2.60. The maximum Gasteiger partial charge on any atom is 0.328 e. The molecular formula is C19H17N5O5. The zero-order chi connectivity index (χ0) is 20.6. The summed E-state index contributed by atoms with van der Waals surface area (Å²) < 4.78 is 5.68. The van der Waals surface area contributed by atoms with Crippen LogP contribution >= 0.6 is 0 Å². The summed E-state index contributed by atoms with van der Waals surface area (Å²) in [5, 5.41) is 6.52. The van der Waals surface area contributed by atoms with Gasteiger partial charge < -0.3 is 10.1 Å². The Morgan fingerprint density at radius 3 is 2.31 bits per heavy atom. The summed E-state index contributed by atoms with van der Waals surface area (Å²) in [5.41, 5.74) is -0.535. The van der Waals surface area contributed by atoms with Crippen molar-refractivity contribution < 1.29 is 23.9 Å². The highest BCUT2D eigenvalue weighted by atomic mass is 16.5. The largest absolute Gasteiger partial charge is 0.439 e. The van der Waals surface area contributed by atoms with E-state index in [1.54, 1.807) is 0 Å². The van der Waals surface area contributed by atoms with Crippen molar-refractivity contribution in [3.05, 3.63) is 48.2 Å². The van der Waals surface area contributed by atoms with Crippen LogP contribution in [0, 0.1) is 0 Å². The van der Waals surface area contributed by atoms with Gasteiger partial charge in [-0.2, -0.15) is 0 Å². The molecule has 2 aliphatic rings. The summed E-state index contributed by atoms with van der Waals surface area (Å²) in [5.74, 6) is -0.899. The Hall–Kier alpha value is -3.95. The summed E-state index contributed by atoms with van der Waals surface area (Å²) in [6.45, 7) is 1.78. The van der Waals surface area contributed by atoms with Gasteiger partial charge in [-0.25, -0.2) is 14.6 Å². The Morgan fingerprint density at radius 2 is 1.72 bits per heavy atom. The molecule has 1 aromatic heterocycles. The molecule has 10 heteroatoms. The van der Waals surface area contributed by atoms with Gasteiger partial charge in [0.05, 0.1) is 18.4 Å². The molecule has 6 amide bonds. The van der Waals surface area contributed by atoms with Crippen LogP contribution in [0.2, 0.25) is 0 Å². The smallest absolute Gasteiger partial charge is 0.328 e. The summed E-state index contributed by atoms with van der Waals surface area (Å²) in [6.07, 6.45) is 2.24. The number of nitrogens with zero attached hydrogens (tertiary/aromatic N) is 2. The number of anilines is 1. The fraction of sp³-hybridized carbons (Fsp3) is 0.211. The first kappa shape index (κ1) is 18.4. The molecule has 0 saturated carbocycles. The number of carbonyl (C=O) groups excluding carboxylic acids is 4. The first-order valence-electron chi connectivity index (χ1n) is 8.92. The maximum absolute atomic E-state index is 12.5. The van der Waals surface area contributed by atoms with Crippen LogP contribution in [-0.4, -0.2) is 40.9 Å². The van der Waals surface area contributed by atoms with Crippen molar-refractivity contribution >= 4 is 29.6 Å². The molecule has 0 unspecified atom stereocenters. The maximum atomic E-state index is 12.5. The highest BCUT2D eigenvalue weighted by Crippen LogP contribution is 2.31. The topological polar surface area (TPSA) is 130 Å². The second-order valence-electron chi connectivity index (χ2n) is 6.55. The quantitative estimate of drug-likeness (QED) is 0.664. The Morgan fingerprint density at radius 1 is 1.03 bits per heavy atom. The lowest BCUT2D eigenvalue weighted by atomic mass is 9.94. The second-order valence-corrected chi connectivity index (χ2v) is 6.55. The number of benzene rings is 1. The van der Waals surface area contributed by atoms with Crippen LogP contribution in [0.1, 0.15) is 12.5 Å². The average Bonchev–Trinajstić information content (AvgIpc) is 3.06. The predicted molar refractivity (Wildman–Crippen MR) is 100 cm³/mol. The number of nitrogens with one attached hydrogen (secondary N) is 3. The number of pyridine rings is 1. The summed E-state index contributed by atoms with van der Waals surface area (Å²) in [7, 11) is 0. The van der Waals surface area contributed by atoms with Gasteiger partial charge in [0.2, 0.25) is 11.4 Å². The van der Waals surface area contributed by atoms with Crippen molar-refractivity contribution in [3.63, 3.8) is 0 Å². The van der Waals surface area contributed by atoms with E-state index in [0.717, 1.165) is 11.3 Å². The fourth-order valence-corrected chi connectivity index (χ4v) is 3.26. The average molecular weight is 395 g/mol. The third-order valence-corrected chi connectivity index (χ3v) is 4.82. The number of aryl methyl sites for hydroxylation is 1. The standard InChI is InChI=1S/C19H17N5O5/c1-2-11-3-6-13(7-4-11)29-14-8-5-12(9-20-14)24-18(28)21-10-19(24)15(25)22-17(27)23-16(19)26/h3-9H,2,10H2,1H3,(H,21,28)(H2,22,23,25,26,27). The minimum Gasteiger partial charge on any atom is -0.439 e. The molecular weight excluding hydrogens is 378 g/mol. The van der Waals surface area contributed by atoms with Gasteiger partial charge in [-0.05, 0) is 30.2 Å². The molecule has 2 saturated heterocycles. The minimum atomic E-state index is -1.91. The summed E-state index contributed by atoms with van der Waals surface area (Å²) in [4.78, 5) is 53.8. The lowest BCUT2D eigenvalue weighted by Gasteiger charge is -2.35. The molecule has 29 heavy (non-hydrogen) atoms. The van der Waals surface area contributed by atoms with Crippen LogP contribution in [0.4, 0.5) is 15.3 Å². The number of imide groups is 2. The van der Waals surface area contributed by atoms with Crippen molar-refractivity contribution in [2.45, 2.75) is 18.9 Å². The molecule has 2 aliphatic heterocycles. The van der Waals surface area contributed by atoms with Crippen LogP contribution in [0.5, 0.6) is 11.6 Å². The van der Waals surface area contributed by atoms with Crippen molar-refractivity contribution in [2.24, 2.45) is 0 Å². The van der Waals surface area contributed by atoms with Crippen molar-refractivity contribution in [1.29, 1.82) is 0 Å². The second kappa shape index (κ2) is 6.89. The van der Waals surface area contributed by atoms with Gasteiger partial charge in [0, 0.05) is 6.07 Å². The van der Waals surface area contributed by atoms with Crippen molar-refractivity contribution in [2.75, 3.05) is 11.4 Å². The lowest BCUT2D eigenvalue weighted by molar-refractivity contribution is -0.136. The molecule has 1 spiro atoms. The number of amides is 6. The predicted octanol–water partition coefficient (Wildman–Crippen LogP) is 1.07. The number of ether oxygens (including phenoxy) is 1. The van der Waals surface area contributed by atoms with Crippen molar-refractivity contribution in [1.82, 2.24) is 20.9 Å². The van der Waals surface area contributed by atoms with Crippen LogP contribution in [-0.2, 0) is 16.0 Å². The van der Waals surface area contributed by atoms with Gasteiger partial charge in [0.15, 0.2) is 0 Å². The number of hydrogen-bond acceptors (Lipinski definition) is 6. The van der Waals surface area contributed by atoms with E-state index < -0.39 is 29.4 Å². The van der Waals surface area contributed by atoms with Crippen LogP contribution in [0.15, 0.2) is 42.6 Å². The first-order chi connectivity index (χ1) is 13.9. The number of aromatic nitrogens is 1. The third-order valence-electron chi connectivity index (χ3n) is 4.82. The molecule has 1 aromatic carbocycles. The number of barbiturate groups is 1. The lowest BCUT2D eigenvalue weighted by Crippen LogP contribution is -2.73. The molecule has 3 N–H and O–H groups in total. The zero-order valence-corrected chi connectivity index (χ0v) is 15.4. The zero-order valence-electron chi connectivity index (χ0n) is 15.4.